The SMILES string of the molecule is CCCCCc1ccnc(CC)c1. The summed E-state index contributed by atoms with van der Waals surface area (Å²) < 4.78 is 0. The van der Waals surface area contributed by atoms with E-state index in [0.717, 1.165) is 6.42 Å². The third-order valence-corrected chi connectivity index (χ3v) is 2.31. The number of unbranched alkanes of at least 4 members (excludes halogenated alkanes) is 2. The maximum absolute atomic E-state index is 4.29. The van der Waals surface area contributed by atoms with Crippen LogP contribution in [-0.4, -0.2) is 4.98 Å². The number of pyridine rings is 1. The highest BCUT2D eigenvalue weighted by atomic mass is 14.7. The largest absolute Gasteiger partial charge is 0.261 e. The van der Waals surface area contributed by atoms with E-state index in [1.807, 2.05) is 6.20 Å². The van der Waals surface area contributed by atoms with Crippen molar-refractivity contribution in [1.82, 2.24) is 4.98 Å². The molecule has 72 valence electrons. The van der Waals surface area contributed by atoms with Crippen LogP contribution in [0.25, 0.3) is 0 Å². The van der Waals surface area contributed by atoms with Crippen LogP contribution in [0.5, 0.6) is 0 Å². The highest BCUT2D eigenvalue weighted by molar-refractivity contribution is 5.16. The molecule has 1 heterocycles. The number of hydrogen-bond donors (Lipinski definition) is 0. The molecule has 0 spiro atoms. The molecule has 1 aromatic rings. The van der Waals surface area contributed by atoms with Crippen molar-refractivity contribution in [3.05, 3.63) is 29.6 Å². The first-order valence-corrected chi connectivity index (χ1v) is 5.30. The lowest BCUT2D eigenvalue weighted by molar-refractivity contribution is 0.716. The van der Waals surface area contributed by atoms with Gasteiger partial charge >= 0.3 is 0 Å². The smallest absolute Gasteiger partial charge is 0.0403 e. The van der Waals surface area contributed by atoms with E-state index < -0.39 is 0 Å². The Kier molecular flexibility index (Phi) is 4.52. The molecule has 13 heavy (non-hydrogen) atoms. The molecule has 0 fully saturated rings. The molecule has 0 aromatic carbocycles. The van der Waals surface area contributed by atoms with E-state index in [9.17, 15) is 0 Å². The van der Waals surface area contributed by atoms with Crippen molar-refractivity contribution < 1.29 is 0 Å². The Labute approximate surface area is 81.2 Å². The number of hydrogen-bond acceptors (Lipinski definition) is 1. The lowest BCUT2D eigenvalue weighted by atomic mass is 10.1. The van der Waals surface area contributed by atoms with Gasteiger partial charge in [-0.05, 0) is 37.0 Å². The van der Waals surface area contributed by atoms with Crippen LogP contribution >= 0.6 is 0 Å². The van der Waals surface area contributed by atoms with E-state index >= 15 is 0 Å². The van der Waals surface area contributed by atoms with Crippen molar-refractivity contribution in [3.8, 4) is 0 Å². The van der Waals surface area contributed by atoms with Crippen molar-refractivity contribution in [3.63, 3.8) is 0 Å². The first-order valence-electron chi connectivity index (χ1n) is 5.30. The lowest BCUT2D eigenvalue weighted by Crippen LogP contribution is -1.91. The Morgan fingerprint density at radius 2 is 2.08 bits per heavy atom. The normalized spacial score (nSPS) is 10.3. The molecule has 1 aromatic heterocycles. The minimum atomic E-state index is 1.04. The van der Waals surface area contributed by atoms with Crippen LogP contribution in [0.15, 0.2) is 18.3 Å². The first-order chi connectivity index (χ1) is 6.36. The van der Waals surface area contributed by atoms with Crippen LogP contribution in [0, 0.1) is 0 Å². The molecule has 0 aliphatic rings. The molecule has 1 rings (SSSR count). The van der Waals surface area contributed by atoms with E-state index in [-0.39, 0.29) is 0 Å². The quantitative estimate of drug-likeness (QED) is 0.628. The Morgan fingerprint density at radius 3 is 2.77 bits per heavy atom. The fourth-order valence-electron chi connectivity index (χ4n) is 1.46. The summed E-state index contributed by atoms with van der Waals surface area (Å²) in [6, 6.07) is 4.37. The standard InChI is InChI=1S/C12H19N/c1-3-5-6-7-11-8-9-13-12(4-2)10-11/h8-10H,3-7H2,1-2H3. The van der Waals surface area contributed by atoms with E-state index in [0.29, 0.717) is 0 Å². The van der Waals surface area contributed by atoms with Crippen molar-refractivity contribution in [1.29, 1.82) is 0 Å². The highest BCUT2D eigenvalue weighted by Crippen LogP contribution is 2.07. The second kappa shape index (κ2) is 5.74. The third kappa shape index (κ3) is 3.58. The average Bonchev–Trinajstić information content (AvgIpc) is 2.19. The van der Waals surface area contributed by atoms with Crippen LogP contribution in [0.1, 0.15) is 44.4 Å². The summed E-state index contributed by atoms with van der Waals surface area (Å²) in [6.45, 7) is 4.39. The fraction of sp³-hybridized carbons (Fsp3) is 0.583. The number of rotatable bonds is 5. The molecule has 0 radical (unpaired) electrons. The van der Waals surface area contributed by atoms with Crippen LogP contribution < -0.4 is 0 Å². The van der Waals surface area contributed by atoms with Crippen LogP contribution in [0.2, 0.25) is 0 Å². The molecule has 1 nitrogen and oxygen atoms in total. The first kappa shape index (κ1) is 10.2. The van der Waals surface area contributed by atoms with Gasteiger partial charge in [0, 0.05) is 11.9 Å². The molecule has 0 N–H and O–H groups in total. The summed E-state index contributed by atoms with van der Waals surface area (Å²) in [5.41, 5.74) is 2.66. The fourth-order valence-corrected chi connectivity index (χ4v) is 1.46. The number of aromatic nitrogens is 1. The minimum Gasteiger partial charge on any atom is -0.261 e. The van der Waals surface area contributed by atoms with Crippen LogP contribution in [0.3, 0.4) is 0 Å². The average molecular weight is 177 g/mol. The predicted molar refractivity (Wildman–Crippen MR) is 56.8 cm³/mol. The van der Waals surface area contributed by atoms with Gasteiger partial charge in [-0.2, -0.15) is 0 Å². The van der Waals surface area contributed by atoms with E-state index in [2.05, 4.69) is 31.0 Å². The van der Waals surface area contributed by atoms with Gasteiger partial charge in [-0.25, -0.2) is 0 Å². The zero-order valence-corrected chi connectivity index (χ0v) is 8.71. The zero-order chi connectivity index (χ0) is 9.52. The van der Waals surface area contributed by atoms with Gasteiger partial charge in [0.15, 0.2) is 0 Å². The minimum absolute atomic E-state index is 1.04. The maximum atomic E-state index is 4.29. The Morgan fingerprint density at radius 1 is 1.23 bits per heavy atom. The van der Waals surface area contributed by atoms with Crippen molar-refractivity contribution in [2.75, 3.05) is 0 Å². The maximum Gasteiger partial charge on any atom is 0.0403 e. The molecule has 0 aliphatic heterocycles. The lowest BCUT2D eigenvalue weighted by Gasteiger charge is -2.01. The number of aryl methyl sites for hydroxylation is 2. The molecular weight excluding hydrogens is 158 g/mol. The third-order valence-electron chi connectivity index (χ3n) is 2.31. The second-order valence-electron chi connectivity index (χ2n) is 3.47. The molecular formula is C12H19N. The van der Waals surface area contributed by atoms with Gasteiger partial charge in [-0.3, -0.25) is 4.98 Å². The van der Waals surface area contributed by atoms with E-state index in [4.69, 9.17) is 0 Å². The van der Waals surface area contributed by atoms with E-state index in [1.165, 1.54) is 36.9 Å². The predicted octanol–water partition coefficient (Wildman–Crippen LogP) is 3.38. The zero-order valence-electron chi connectivity index (χ0n) is 8.71. The van der Waals surface area contributed by atoms with Gasteiger partial charge in [0.1, 0.15) is 0 Å². The second-order valence-corrected chi connectivity index (χ2v) is 3.47. The number of nitrogens with zero attached hydrogens (tertiary/aromatic N) is 1. The molecule has 0 saturated heterocycles. The molecule has 0 amide bonds. The van der Waals surface area contributed by atoms with Crippen molar-refractivity contribution in [2.45, 2.75) is 46.0 Å². The topological polar surface area (TPSA) is 12.9 Å². The molecule has 1 heteroatoms. The van der Waals surface area contributed by atoms with E-state index in [1.54, 1.807) is 0 Å². The van der Waals surface area contributed by atoms with Gasteiger partial charge in [-0.1, -0.05) is 26.7 Å². The van der Waals surface area contributed by atoms with Gasteiger partial charge in [0.2, 0.25) is 0 Å². The highest BCUT2D eigenvalue weighted by Gasteiger charge is 1.95. The summed E-state index contributed by atoms with van der Waals surface area (Å²) >= 11 is 0. The van der Waals surface area contributed by atoms with Crippen LogP contribution in [0.4, 0.5) is 0 Å². The van der Waals surface area contributed by atoms with Gasteiger partial charge in [0.05, 0.1) is 0 Å². The molecule has 0 saturated carbocycles. The molecule has 0 aliphatic carbocycles. The van der Waals surface area contributed by atoms with Crippen molar-refractivity contribution in [2.24, 2.45) is 0 Å². The van der Waals surface area contributed by atoms with Gasteiger partial charge in [0.25, 0.3) is 0 Å². The van der Waals surface area contributed by atoms with Gasteiger partial charge < -0.3 is 0 Å². The Bertz CT molecular complexity index is 243. The molecule has 0 atom stereocenters. The van der Waals surface area contributed by atoms with Crippen molar-refractivity contribution >= 4 is 0 Å². The Balaban J connectivity index is 2.46. The summed E-state index contributed by atoms with van der Waals surface area (Å²) in [6.07, 6.45) is 8.13. The summed E-state index contributed by atoms with van der Waals surface area (Å²) in [5, 5.41) is 0. The molecule has 0 unspecified atom stereocenters. The Hall–Kier alpha value is -0.850. The summed E-state index contributed by atoms with van der Waals surface area (Å²) in [5.74, 6) is 0. The monoisotopic (exact) mass is 177 g/mol. The molecule has 0 bridgehead atoms. The summed E-state index contributed by atoms with van der Waals surface area (Å²) in [4.78, 5) is 4.29. The van der Waals surface area contributed by atoms with Crippen LogP contribution in [-0.2, 0) is 12.8 Å². The summed E-state index contributed by atoms with van der Waals surface area (Å²) in [7, 11) is 0. The van der Waals surface area contributed by atoms with Gasteiger partial charge in [-0.15, -0.1) is 0 Å².